The lowest BCUT2D eigenvalue weighted by molar-refractivity contribution is -0.116. The molecule has 0 saturated heterocycles. The number of aryl methyl sites for hydroxylation is 1. The van der Waals surface area contributed by atoms with Crippen molar-refractivity contribution in [1.82, 2.24) is 9.97 Å². The van der Waals surface area contributed by atoms with Crippen LogP contribution in [0.5, 0.6) is 0 Å². The Morgan fingerprint density at radius 3 is 2.50 bits per heavy atom. The summed E-state index contributed by atoms with van der Waals surface area (Å²) in [5.74, 6) is 0.691. The van der Waals surface area contributed by atoms with E-state index in [1.54, 1.807) is 32.6 Å². The Hall–Kier alpha value is -2.82. The highest BCUT2D eigenvalue weighted by Crippen LogP contribution is 2.22. The number of carbonyl (C=O) groups is 1. The minimum Gasteiger partial charge on any atom is -0.323 e. The first-order valence-corrected chi connectivity index (χ1v) is 7.80. The van der Waals surface area contributed by atoms with Crippen molar-refractivity contribution >= 4 is 17.9 Å². The highest BCUT2D eigenvalue weighted by molar-refractivity contribution is 5.82. The Kier molecular flexibility index (Phi) is 5.95. The van der Waals surface area contributed by atoms with Gasteiger partial charge < -0.3 is 5.32 Å². The van der Waals surface area contributed by atoms with E-state index in [-0.39, 0.29) is 5.78 Å². The van der Waals surface area contributed by atoms with Gasteiger partial charge in [0.25, 0.3) is 0 Å². The maximum Gasteiger partial charge on any atom is 0.227 e. The minimum absolute atomic E-state index is 0.167. The molecule has 1 N–H and O–H groups in total. The van der Waals surface area contributed by atoms with Crippen molar-refractivity contribution in [2.24, 2.45) is 4.99 Å². The van der Waals surface area contributed by atoms with Gasteiger partial charge in [-0.05, 0) is 37.5 Å². The summed E-state index contributed by atoms with van der Waals surface area (Å²) in [4.78, 5) is 23.9. The molecule has 1 heterocycles. The summed E-state index contributed by atoms with van der Waals surface area (Å²) < 4.78 is 0. The third kappa shape index (κ3) is 4.59. The Labute approximate surface area is 142 Å². The topological polar surface area (TPSA) is 67.2 Å². The van der Waals surface area contributed by atoms with E-state index in [1.807, 2.05) is 32.1 Å². The fraction of sp³-hybridized carbons (Fsp3) is 0.263. The number of anilines is 1. The molecular weight excluding hydrogens is 300 g/mol. The first kappa shape index (κ1) is 17.5. The summed E-state index contributed by atoms with van der Waals surface area (Å²) in [7, 11) is 1.72. The fourth-order valence-corrected chi connectivity index (χ4v) is 2.33. The molecule has 0 amide bonds. The zero-order valence-corrected chi connectivity index (χ0v) is 14.5. The Bertz CT molecular complexity index is 776. The lowest BCUT2D eigenvalue weighted by Gasteiger charge is -2.08. The van der Waals surface area contributed by atoms with Crippen molar-refractivity contribution in [3.05, 3.63) is 53.5 Å². The van der Waals surface area contributed by atoms with Crippen LogP contribution in [0.4, 0.5) is 5.95 Å². The monoisotopic (exact) mass is 322 g/mol. The lowest BCUT2D eigenvalue weighted by atomic mass is 9.99. The fourth-order valence-electron chi connectivity index (χ4n) is 2.33. The van der Waals surface area contributed by atoms with Crippen LogP contribution in [0.15, 0.2) is 47.4 Å². The van der Waals surface area contributed by atoms with Crippen LogP contribution < -0.4 is 5.32 Å². The normalized spacial score (nSPS) is 11.8. The zero-order valence-electron chi connectivity index (χ0n) is 14.5. The average Bonchev–Trinajstić information content (AvgIpc) is 2.56. The first-order valence-electron chi connectivity index (χ1n) is 7.80. The number of hydrogen-bond acceptors (Lipinski definition) is 5. The van der Waals surface area contributed by atoms with Crippen LogP contribution in [0, 0.1) is 6.92 Å². The van der Waals surface area contributed by atoms with Crippen molar-refractivity contribution in [3.8, 4) is 11.1 Å². The second-order valence-corrected chi connectivity index (χ2v) is 5.57. The summed E-state index contributed by atoms with van der Waals surface area (Å²) in [5, 5.41) is 3.10. The molecule has 0 spiro atoms. The summed E-state index contributed by atoms with van der Waals surface area (Å²) in [5.41, 5.74) is 4.97. The van der Waals surface area contributed by atoms with E-state index in [0.29, 0.717) is 12.4 Å². The molecule has 0 fully saturated rings. The summed E-state index contributed by atoms with van der Waals surface area (Å²) >= 11 is 0. The number of nitrogens with zero attached hydrogens (tertiary/aromatic N) is 3. The molecule has 24 heavy (non-hydrogen) atoms. The number of ketones is 1. The van der Waals surface area contributed by atoms with Gasteiger partial charge in [0.1, 0.15) is 5.78 Å². The first-order chi connectivity index (χ1) is 11.5. The van der Waals surface area contributed by atoms with Crippen molar-refractivity contribution in [2.75, 3.05) is 12.4 Å². The van der Waals surface area contributed by atoms with E-state index in [9.17, 15) is 4.79 Å². The van der Waals surface area contributed by atoms with Crippen LogP contribution in [0.1, 0.15) is 25.0 Å². The van der Waals surface area contributed by atoms with Crippen LogP contribution in [0.25, 0.3) is 11.1 Å². The number of nitrogens with one attached hydrogen (secondary N) is 1. The van der Waals surface area contributed by atoms with Crippen molar-refractivity contribution in [3.63, 3.8) is 0 Å². The molecule has 1 aromatic heterocycles. The molecule has 2 rings (SSSR count). The molecule has 0 unspecified atom stereocenters. The number of aromatic nitrogens is 2. The number of benzene rings is 1. The van der Waals surface area contributed by atoms with Gasteiger partial charge in [0.15, 0.2) is 0 Å². The molecule has 2 aromatic rings. The highest BCUT2D eigenvalue weighted by atomic mass is 16.1. The van der Waals surface area contributed by atoms with Gasteiger partial charge >= 0.3 is 0 Å². The van der Waals surface area contributed by atoms with Gasteiger partial charge in [-0.2, -0.15) is 0 Å². The summed E-state index contributed by atoms with van der Waals surface area (Å²) in [6.07, 6.45) is 7.66. The molecule has 0 aliphatic carbocycles. The number of carbonyl (C=O) groups excluding carboxylic acids is 1. The predicted octanol–water partition coefficient (Wildman–Crippen LogP) is 3.60. The van der Waals surface area contributed by atoms with Crippen molar-refractivity contribution in [1.29, 1.82) is 0 Å². The van der Waals surface area contributed by atoms with Crippen LogP contribution in [-0.2, 0) is 11.2 Å². The standard InChI is InChI=1S/C19H22N4O/c1-5-18(12-20-4)23-19-21-10-17(11-22-19)16-7-6-15(9-14(3)24)13(2)8-16/h5-8,10-12H,9H2,1-4H3,(H,21,22,23)/b18-5+,20-12?. The smallest absolute Gasteiger partial charge is 0.227 e. The molecule has 0 aliphatic heterocycles. The second kappa shape index (κ2) is 8.15. The maximum absolute atomic E-state index is 11.3. The highest BCUT2D eigenvalue weighted by Gasteiger charge is 2.06. The van der Waals surface area contributed by atoms with Gasteiger partial charge in [-0.15, -0.1) is 0 Å². The molecule has 0 aliphatic rings. The van der Waals surface area contributed by atoms with Crippen LogP contribution in [0.2, 0.25) is 0 Å². The third-order valence-electron chi connectivity index (χ3n) is 3.60. The Balaban J connectivity index is 2.19. The van der Waals surface area contributed by atoms with Gasteiger partial charge in [-0.1, -0.05) is 24.3 Å². The van der Waals surface area contributed by atoms with Gasteiger partial charge in [-0.25, -0.2) is 9.97 Å². The van der Waals surface area contributed by atoms with Crippen LogP contribution in [-0.4, -0.2) is 29.0 Å². The predicted molar refractivity (Wildman–Crippen MR) is 98.4 cm³/mol. The van der Waals surface area contributed by atoms with E-state index in [1.165, 1.54) is 0 Å². The van der Waals surface area contributed by atoms with Gasteiger partial charge in [0, 0.05) is 37.6 Å². The van der Waals surface area contributed by atoms with Crippen molar-refractivity contribution < 1.29 is 4.79 Å². The average molecular weight is 322 g/mol. The number of rotatable bonds is 6. The van der Waals surface area contributed by atoms with E-state index < -0.39 is 0 Å². The van der Waals surface area contributed by atoms with Gasteiger partial charge in [-0.3, -0.25) is 9.79 Å². The molecule has 5 heteroatoms. The van der Waals surface area contributed by atoms with E-state index in [4.69, 9.17) is 0 Å². The lowest BCUT2D eigenvalue weighted by Crippen LogP contribution is -2.04. The van der Waals surface area contributed by atoms with Gasteiger partial charge in [0.2, 0.25) is 5.95 Å². The SMILES string of the molecule is C/C=C(\C=NC)Nc1ncc(-c2ccc(CC(C)=O)c(C)c2)cn1. The molecule has 0 bridgehead atoms. The van der Waals surface area contributed by atoms with E-state index >= 15 is 0 Å². The van der Waals surface area contributed by atoms with Crippen LogP contribution in [0.3, 0.4) is 0 Å². The largest absolute Gasteiger partial charge is 0.323 e. The Morgan fingerprint density at radius 2 is 1.96 bits per heavy atom. The number of Topliss-reactive ketones (excluding diaryl/α,β-unsaturated/α-hetero) is 1. The van der Waals surface area contributed by atoms with Gasteiger partial charge in [0.05, 0.1) is 5.70 Å². The van der Waals surface area contributed by atoms with E-state index in [0.717, 1.165) is 28.0 Å². The third-order valence-corrected chi connectivity index (χ3v) is 3.60. The number of allylic oxidation sites excluding steroid dienone is 2. The second-order valence-electron chi connectivity index (χ2n) is 5.57. The minimum atomic E-state index is 0.167. The van der Waals surface area contributed by atoms with Crippen molar-refractivity contribution in [2.45, 2.75) is 27.2 Å². The molecule has 0 saturated carbocycles. The molecule has 0 atom stereocenters. The molecule has 0 radical (unpaired) electrons. The maximum atomic E-state index is 11.3. The Morgan fingerprint density at radius 1 is 1.25 bits per heavy atom. The molecule has 1 aromatic carbocycles. The number of hydrogen-bond donors (Lipinski definition) is 1. The van der Waals surface area contributed by atoms with Crippen LogP contribution >= 0.6 is 0 Å². The summed E-state index contributed by atoms with van der Waals surface area (Å²) in [6.45, 7) is 5.54. The number of aliphatic imine (C=N–C) groups is 1. The zero-order chi connectivity index (χ0) is 17.5. The summed E-state index contributed by atoms with van der Waals surface area (Å²) in [6, 6.07) is 6.05. The molecule has 124 valence electrons. The molecular formula is C19H22N4O. The quantitative estimate of drug-likeness (QED) is 0.825. The molecule has 5 nitrogen and oxygen atoms in total. The van der Waals surface area contributed by atoms with E-state index in [2.05, 4.69) is 26.3 Å².